The SMILES string of the molecule is CNC(=O)c1ccc(CNC[C@@H]2CCCn3ccnc32)cc1. The molecule has 5 heteroatoms. The molecule has 0 aliphatic carbocycles. The Labute approximate surface area is 130 Å². The van der Waals surface area contributed by atoms with Gasteiger partial charge in [-0.1, -0.05) is 12.1 Å². The number of rotatable bonds is 5. The van der Waals surface area contributed by atoms with Crippen molar-refractivity contribution in [3.05, 3.63) is 53.6 Å². The summed E-state index contributed by atoms with van der Waals surface area (Å²) in [5.74, 6) is 1.65. The molecule has 0 spiro atoms. The van der Waals surface area contributed by atoms with Crippen molar-refractivity contribution in [2.45, 2.75) is 31.8 Å². The highest BCUT2D eigenvalue weighted by atomic mass is 16.1. The van der Waals surface area contributed by atoms with Crippen LogP contribution in [-0.2, 0) is 13.1 Å². The Hall–Kier alpha value is -2.14. The zero-order chi connectivity index (χ0) is 15.4. The minimum absolute atomic E-state index is 0.0476. The van der Waals surface area contributed by atoms with Crippen LogP contribution in [0.4, 0.5) is 0 Å². The first-order valence-corrected chi connectivity index (χ1v) is 7.80. The summed E-state index contributed by atoms with van der Waals surface area (Å²) in [5, 5.41) is 6.14. The highest BCUT2D eigenvalue weighted by Gasteiger charge is 2.20. The number of benzene rings is 1. The second kappa shape index (κ2) is 6.75. The second-order valence-corrected chi connectivity index (χ2v) is 5.72. The van der Waals surface area contributed by atoms with Crippen molar-refractivity contribution >= 4 is 5.91 Å². The molecule has 0 radical (unpaired) electrons. The number of carbonyl (C=O) groups excluding carboxylic acids is 1. The van der Waals surface area contributed by atoms with Gasteiger partial charge >= 0.3 is 0 Å². The molecule has 0 saturated carbocycles. The fourth-order valence-electron chi connectivity index (χ4n) is 3.01. The van der Waals surface area contributed by atoms with E-state index in [2.05, 4.69) is 26.4 Å². The van der Waals surface area contributed by atoms with Crippen molar-refractivity contribution in [3.8, 4) is 0 Å². The van der Waals surface area contributed by atoms with Crippen molar-refractivity contribution in [2.24, 2.45) is 0 Å². The highest BCUT2D eigenvalue weighted by molar-refractivity contribution is 5.93. The molecule has 2 heterocycles. The monoisotopic (exact) mass is 298 g/mol. The van der Waals surface area contributed by atoms with Gasteiger partial charge in [-0.05, 0) is 30.5 Å². The Morgan fingerprint density at radius 2 is 2.18 bits per heavy atom. The number of amides is 1. The van der Waals surface area contributed by atoms with E-state index in [-0.39, 0.29) is 5.91 Å². The van der Waals surface area contributed by atoms with Crippen LogP contribution in [-0.4, -0.2) is 29.1 Å². The summed E-state index contributed by atoms with van der Waals surface area (Å²) in [6, 6.07) is 7.73. The second-order valence-electron chi connectivity index (χ2n) is 5.72. The maximum absolute atomic E-state index is 11.5. The van der Waals surface area contributed by atoms with Gasteiger partial charge in [-0.25, -0.2) is 4.98 Å². The van der Waals surface area contributed by atoms with E-state index in [0.29, 0.717) is 11.5 Å². The number of hydrogen-bond donors (Lipinski definition) is 2. The van der Waals surface area contributed by atoms with Gasteiger partial charge in [0.1, 0.15) is 5.82 Å². The third-order valence-electron chi connectivity index (χ3n) is 4.23. The van der Waals surface area contributed by atoms with Crippen LogP contribution in [0, 0.1) is 0 Å². The molecule has 1 amide bonds. The van der Waals surface area contributed by atoms with Crippen LogP contribution in [0.3, 0.4) is 0 Å². The van der Waals surface area contributed by atoms with E-state index in [1.807, 2.05) is 30.5 Å². The summed E-state index contributed by atoms with van der Waals surface area (Å²) >= 11 is 0. The normalized spacial score (nSPS) is 17.0. The smallest absolute Gasteiger partial charge is 0.251 e. The van der Waals surface area contributed by atoms with Gasteiger partial charge in [0.2, 0.25) is 0 Å². The topological polar surface area (TPSA) is 59.0 Å². The van der Waals surface area contributed by atoms with Crippen molar-refractivity contribution < 1.29 is 4.79 Å². The summed E-state index contributed by atoms with van der Waals surface area (Å²) in [6.07, 6.45) is 6.38. The average Bonchev–Trinajstić information content (AvgIpc) is 3.04. The molecule has 22 heavy (non-hydrogen) atoms. The lowest BCUT2D eigenvalue weighted by Gasteiger charge is -2.23. The predicted octanol–water partition coefficient (Wildman–Crippen LogP) is 1.91. The van der Waals surface area contributed by atoms with E-state index >= 15 is 0 Å². The van der Waals surface area contributed by atoms with Gasteiger partial charge in [0.25, 0.3) is 5.91 Å². The molecule has 1 aliphatic rings. The van der Waals surface area contributed by atoms with Crippen molar-refractivity contribution in [1.82, 2.24) is 20.2 Å². The number of aryl methyl sites for hydroxylation is 1. The minimum Gasteiger partial charge on any atom is -0.355 e. The fourth-order valence-corrected chi connectivity index (χ4v) is 3.01. The van der Waals surface area contributed by atoms with Crippen LogP contribution in [0.1, 0.15) is 40.5 Å². The van der Waals surface area contributed by atoms with Gasteiger partial charge in [-0.15, -0.1) is 0 Å². The standard InChI is InChI=1S/C17H22N4O/c1-18-17(22)14-6-4-13(5-7-14)11-19-12-15-3-2-9-21-10-8-20-16(15)21/h4-8,10,15,19H,2-3,9,11-12H2,1H3,(H,18,22)/t15-/m0/s1. The first-order valence-electron chi connectivity index (χ1n) is 7.80. The molecule has 0 unspecified atom stereocenters. The van der Waals surface area contributed by atoms with Gasteiger partial charge in [-0.2, -0.15) is 0 Å². The van der Waals surface area contributed by atoms with Crippen LogP contribution in [0.2, 0.25) is 0 Å². The predicted molar refractivity (Wildman–Crippen MR) is 85.7 cm³/mol. The fraction of sp³-hybridized carbons (Fsp3) is 0.412. The first-order chi connectivity index (χ1) is 10.8. The molecule has 2 aromatic rings. The summed E-state index contributed by atoms with van der Waals surface area (Å²) in [5.41, 5.74) is 1.88. The van der Waals surface area contributed by atoms with Gasteiger partial charge in [0.05, 0.1) is 0 Å². The number of nitrogens with one attached hydrogen (secondary N) is 2. The lowest BCUT2D eigenvalue weighted by molar-refractivity contribution is 0.0963. The lowest BCUT2D eigenvalue weighted by Crippen LogP contribution is -2.26. The number of imidazole rings is 1. The Balaban J connectivity index is 1.53. The Kier molecular flexibility index (Phi) is 4.53. The summed E-state index contributed by atoms with van der Waals surface area (Å²) in [7, 11) is 1.64. The van der Waals surface area contributed by atoms with Crippen LogP contribution >= 0.6 is 0 Å². The minimum atomic E-state index is -0.0476. The number of hydrogen-bond acceptors (Lipinski definition) is 3. The summed E-state index contributed by atoms with van der Waals surface area (Å²) in [6.45, 7) is 2.84. The molecule has 2 N–H and O–H groups in total. The lowest BCUT2D eigenvalue weighted by atomic mass is 9.99. The molecule has 0 saturated heterocycles. The van der Waals surface area contributed by atoms with Gasteiger partial charge < -0.3 is 15.2 Å². The van der Waals surface area contributed by atoms with Gasteiger partial charge in [0, 0.05) is 50.6 Å². The molecule has 1 aromatic carbocycles. The van der Waals surface area contributed by atoms with Crippen molar-refractivity contribution in [3.63, 3.8) is 0 Å². The number of carbonyl (C=O) groups is 1. The molecule has 0 bridgehead atoms. The van der Waals surface area contributed by atoms with Gasteiger partial charge in [0.15, 0.2) is 0 Å². The molecule has 1 aliphatic heterocycles. The third-order valence-corrected chi connectivity index (χ3v) is 4.23. The molecule has 1 aromatic heterocycles. The van der Waals surface area contributed by atoms with E-state index in [4.69, 9.17) is 0 Å². The van der Waals surface area contributed by atoms with Crippen LogP contribution < -0.4 is 10.6 Å². The van der Waals surface area contributed by atoms with E-state index < -0.39 is 0 Å². The summed E-state index contributed by atoms with van der Waals surface area (Å²) < 4.78 is 2.26. The van der Waals surface area contributed by atoms with Crippen LogP contribution in [0.5, 0.6) is 0 Å². The molecule has 116 valence electrons. The summed E-state index contributed by atoms with van der Waals surface area (Å²) in [4.78, 5) is 16.0. The number of fused-ring (bicyclic) bond motifs is 1. The molecular formula is C17H22N4O. The van der Waals surface area contributed by atoms with E-state index in [1.165, 1.54) is 24.2 Å². The van der Waals surface area contributed by atoms with Gasteiger partial charge in [-0.3, -0.25) is 4.79 Å². The Morgan fingerprint density at radius 1 is 1.36 bits per heavy atom. The first kappa shape index (κ1) is 14.8. The molecular weight excluding hydrogens is 276 g/mol. The van der Waals surface area contributed by atoms with E-state index in [1.54, 1.807) is 7.05 Å². The molecule has 0 fully saturated rings. The largest absolute Gasteiger partial charge is 0.355 e. The van der Waals surface area contributed by atoms with Crippen LogP contribution in [0.25, 0.3) is 0 Å². The van der Waals surface area contributed by atoms with Crippen molar-refractivity contribution in [2.75, 3.05) is 13.6 Å². The highest BCUT2D eigenvalue weighted by Crippen LogP contribution is 2.24. The Bertz CT molecular complexity index is 632. The quantitative estimate of drug-likeness (QED) is 0.886. The number of aromatic nitrogens is 2. The maximum Gasteiger partial charge on any atom is 0.251 e. The molecule has 3 rings (SSSR count). The maximum atomic E-state index is 11.5. The van der Waals surface area contributed by atoms with E-state index in [9.17, 15) is 4.79 Å². The third kappa shape index (κ3) is 3.20. The molecule has 5 nitrogen and oxygen atoms in total. The Morgan fingerprint density at radius 3 is 2.95 bits per heavy atom. The van der Waals surface area contributed by atoms with Crippen LogP contribution in [0.15, 0.2) is 36.7 Å². The zero-order valence-corrected chi connectivity index (χ0v) is 12.9. The zero-order valence-electron chi connectivity index (χ0n) is 12.9. The van der Waals surface area contributed by atoms with Crippen molar-refractivity contribution in [1.29, 1.82) is 0 Å². The molecule has 1 atom stereocenters. The number of nitrogens with zero attached hydrogens (tertiary/aromatic N) is 2. The van der Waals surface area contributed by atoms with E-state index in [0.717, 1.165) is 19.6 Å². The average molecular weight is 298 g/mol.